The fourth-order valence-corrected chi connectivity index (χ4v) is 3.73. The van der Waals surface area contributed by atoms with Crippen LogP contribution in [0.2, 0.25) is 0 Å². The minimum Gasteiger partial charge on any atom is -0.300 e. The number of ketones is 1. The molecule has 2 aliphatic carbocycles. The molecule has 0 spiro atoms. The average molecular weight is 222 g/mol. The van der Waals surface area contributed by atoms with E-state index in [1.165, 1.54) is 51.4 Å². The van der Waals surface area contributed by atoms with Crippen molar-refractivity contribution in [2.75, 3.05) is 0 Å². The van der Waals surface area contributed by atoms with Gasteiger partial charge < -0.3 is 0 Å². The Bertz CT molecular complexity index is 234. The molecule has 1 unspecified atom stereocenters. The van der Waals surface area contributed by atoms with Crippen LogP contribution in [-0.2, 0) is 4.79 Å². The highest BCUT2D eigenvalue weighted by Crippen LogP contribution is 2.42. The zero-order valence-electron chi connectivity index (χ0n) is 10.7. The molecule has 2 aliphatic rings. The lowest BCUT2D eigenvalue weighted by molar-refractivity contribution is -0.123. The summed E-state index contributed by atoms with van der Waals surface area (Å²) in [6.07, 6.45) is 12.8. The molecule has 0 bridgehead atoms. The van der Waals surface area contributed by atoms with Gasteiger partial charge in [-0.25, -0.2) is 0 Å². The Morgan fingerprint density at radius 2 is 2.00 bits per heavy atom. The van der Waals surface area contributed by atoms with Crippen LogP contribution in [0.3, 0.4) is 0 Å². The third-order valence-electron chi connectivity index (χ3n) is 4.75. The molecule has 0 aromatic heterocycles. The van der Waals surface area contributed by atoms with Gasteiger partial charge in [0, 0.05) is 12.8 Å². The number of fused-ring (bicyclic) bond motifs is 1. The maximum atomic E-state index is 11.4. The Labute approximate surface area is 100.0 Å². The molecule has 0 heterocycles. The third-order valence-corrected chi connectivity index (χ3v) is 4.75. The molecule has 3 atom stereocenters. The summed E-state index contributed by atoms with van der Waals surface area (Å²) in [4.78, 5) is 11.4. The predicted octanol–water partition coefficient (Wildman–Crippen LogP) is 4.35. The number of Topliss-reactive ketones (excluding diaryl/α,β-unsaturated/α-hetero) is 1. The van der Waals surface area contributed by atoms with Gasteiger partial charge in [-0.05, 0) is 37.0 Å². The molecule has 2 saturated carbocycles. The van der Waals surface area contributed by atoms with E-state index in [-0.39, 0.29) is 0 Å². The van der Waals surface area contributed by atoms with E-state index in [0.717, 1.165) is 30.6 Å². The molecule has 16 heavy (non-hydrogen) atoms. The second kappa shape index (κ2) is 5.84. The molecule has 92 valence electrons. The van der Waals surface area contributed by atoms with Gasteiger partial charge in [0.1, 0.15) is 5.78 Å². The van der Waals surface area contributed by atoms with Gasteiger partial charge in [-0.15, -0.1) is 0 Å². The summed E-state index contributed by atoms with van der Waals surface area (Å²) in [6.45, 7) is 2.28. The van der Waals surface area contributed by atoms with Crippen LogP contribution >= 0.6 is 0 Å². The lowest BCUT2D eigenvalue weighted by atomic mass is 9.66. The fourth-order valence-electron chi connectivity index (χ4n) is 3.73. The highest BCUT2D eigenvalue weighted by molar-refractivity contribution is 5.79. The number of rotatable bonds is 4. The smallest absolute Gasteiger partial charge is 0.133 e. The quantitative estimate of drug-likeness (QED) is 0.646. The van der Waals surface area contributed by atoms with Crippen molar-refractivity contribution in [1.29, 1.82) is 0 Å². The molecule has 2 rings (SSSR count). The first-order valence-electron chi connectivity index (χ1n) is 7.31. The molecule has 0 aromatic carbocycles. The van der Waals surface area contributed by atoms with Gasteiger partial charge in [-0.2, -0.15) is 0 Å². The Balaban J connectivity index is 1.75. The highest BCUT2D eigenvalue weighted by atomic mass is 16.1. The molecule has 0 aromatic rings. The van der Waals surface area contributed by atoms with E-state index < -0.39 is 0 Å². The van der Waals surface area contributed by atoms with Gasteiger partial charge in [0.15, 0.2) is 0 Å². The van der Waals surface area contributed by atoms with Gasteiger partial charge in [0.2, 0.25) is 0 Å². The highest BCUT2D eigenvalue weighted by Gasteiger charge is 2.34. The number of unbranched alkanes of at least 4 members (excludes halogenated alkanes) is 2. The summed E-state index contributed by atoms with van der Waals surface area (Å²) in [5.74, 6) is 3.19. The Hall–Kier alpha value is -0.330. The van der Waals surface area contributed by atoms with Gasteiger partial charge in [0.05, 0.1) is 0 Å². The summed E-state index contributed by atoms with van der Waals surface area (Å²) in [7, 11) is 0. The van der Waals surface area contributed by atoms with Crippen LogP contribution in [0, 0.1) is 17.8 Å². The van der Waals surface area contributed by atoms with Crippen molar-refractivity contribution in [2.24, 2.45) is 17.8 Å². The Morgan fingerprint density at radius 1 is 1.12 bits per heavy atom. The van der Waals surface area contributed by atoms with E-state index >= 15 is 0 Å². The van der Waals surface area contributed by atoms with Crippen molar-refractivity contribution in [3.05, 3.63) is 0 Å². The SMILES string of the molecule is CCCCCC1CC[C@@H]2CC(=O)CC[C@H]2C1. The van der Waals surface area contributed by atoms with E-state index in [1.807, 2.05) is 0 Å². The van der Waals surface area contributed by atoms with Crippen molar-refractivity contribution < 1.29 is 4.79 Å². The molecule has 0 amide bonds. The van der Waals surface area contributed by atoms with Crippen molar-refractivity contribution >= 4 is 5.78 Å². The summed E-state index contributed by atoms with van der Waals surface area (Å²) in [5.41, 5.74) is 0. The number of hydrogen-bond acceptors (Lipinski definition) is 1. The molecular weight excluding hydrogens is 196 g/mol. The summed E-state index contributed by atoms with van der Waals surface area (Å²) >= 11 is 0. The van der Waals surface area contributed by atoms with E-state index in [1.54, 1.807) is 0 Å². The van der Waals surface area contributed by atoms with E-state index in [2.05, 4.69) is 6.92 Å². The maximum absolute atomic E-state index is 11.4. The standard InChI is InChI=1S/C15H26O/c1-2-3-4-5-12-6-7-14-11-15(16)9-8-13(14)10-12/h12-14H,2-11H2,1H3/t12?,13-,14+/m0/s1. The minimum atomic E-state index is 0.533. The van der Waals surface area contributed by atoms with Crippen LogP contribution in [0.5, 0.6) is 0 Å². The van der Waals surface area contributed by atoms with Crippen LogP contribution in [0.25, 0.3) is 0 Å². The first kappa shape index (κ1) is 12.1. The number of hydrogen-bond donors (Lipinski definition) is 0. The van der Waals surface area contributed by atoms with E-state index in [4.69, 9.17) is 0 Å². The summed E-state index contributed by atoms with van der Waals surface area (Å²) < 4.78 is 0. The number of carbonyl (C=O) groups is 1. The zero-order valence-corrected chi connectivity index (χ0v) is 10.7. The van der Waals surface area contributed by atoms with Gasteiger partial charge in [-0.3, -0.25) is 4.79 Å². The molecule has 0 radical (unpaired) electrons. The number of carbonyl (C=O) groups excluding carboxylic acids is 1. The molecular formula is C15H26O. The van der Waals surface area contributed by atoms with Crippen molar-refractivity contribution in [2.45, 2.75) is 71.1 Å². The first-order valence-corrected chi connectivity index (χ1v) is 7.31. The molecule has 2 fully saturated rings. The van der Waals surface area contributed by atoms with Crippen LogP contribution in [0.1, 0.15) is 71.1 Å². The van der Waals surface area contributed by atoms with Crippen LogP contribution in [-0.4, -0.2) is 5.78 Å². The predicted molar refractivity (Wildman–Crippen MR) is 67.3 cm³/mol. The van der Waals surface area contributed by atoms with Crippen LogP contribution in [0.15, 0.2) is 0 Å². The largest absolute Gasteiger partial charge is 0.300 e. The second-order valence-electron chi connectivity index (χ2n) is 5.98. The van der Waals surface area contributed by atoms with Crippen molar-refractivity contribution in [3.8, 4) is 0 Å². The van der Waals surface area contributed by atoms with Crippen molar-refractivity contribution in [1.82, 2.24) is 0 Å². The monoisotopic (exact) mass is 222 g/mol. The van der Waals surface area contributed by atoms with Crippen LogP contribution < -0.4 is 0 Å². The summed E-state index contributed by atoms with van der Waals surface area (Å²) in [6, 6.07) is 0. The molecule has 1 nitrogen and oxygen atoms in total. The Kier molecular flexibility index (Phi) is 4.43. The third kappa shape index (κ3) is 3.09. The summed E-state index contributed by atoms with van der Waals surface area (Å²) in [5, 5.41) is 0. The topological polar surface area (TPSA) is 17.1 Å². The fraction of sp³-hybridized carbons (Fsp3) is 0.933. The van der Waals surface area contributed by atoms with E-state index in [0.29, 0.717) is 5.78 Å². The first-order chi connectivity index (χ1) is 7.79. The molecule has 0 aliphatic heterocycles. The van der Waals surface area contributed by atoms with Gasteiger partial charge in [0.25, 0.3) is 0 Å². The maximum Gasteiger partial charge on any atom is 0.133 e. The minimum absolute atomic E-state index is 0.533. The second-order valence-corrected chi connectivity index (χ2v) is 5.98. The molecule has 1 heteroatoms. The lowest BCUT2D eigenvalue weighted by Gasteiger charge is -2.38. The van der Waals surface area contributed by atoms with E-state index in [9.17, 15) is 4.79 Å². The van der Waals surface area contributed by atoms with Gasteiger partial charge >= 0.3 is 0 Å². The average Bonchev–Trinajstić information content (AvgIpc) is 2.29. The molecule has 0 N–H and O–H groups in total. The normalized spacial score (nSPS) is 34.8. The lowest BCUT2D eigenvalue weighted by Crippen LogP contribution is -2.31. The molecule has 0 saturated heterocycles. The van der Waals surface area contributed by atoms with Crippen LogP contribution in [0.4, 0.5) is 0 Å². The zero-order chi connectivity index (χ0) is 11.4. The van der Waals surface area contributed by atoms with Crippen molar-refractivity contribution in [3.63, 3.8) is 0 Å². The van der Waals surface area contributed by atoms with Gasteiger partial charge in [-0.1, -0.05) is 39.0 Å². The Morgan fingerprint density at radius 3 is 2.81 bits per heavy atom.